The van der Waals surface area contributed by atoms with Gasteiger partial charge in [-0.15, -0.1) is 20.4 Å². The molecule has 0 saturated carbocycles. The minimum Gasteiger partial charge on any atom is -0.491 e. The minimum atomic E-state index is -4.03. The first-order valence-electron chi connectivity index (χ1n) is 7.83. The molecule has 0 saturated heterocycles. The Morgan fingerprint density at radius 2 is 1.57 bits per heavy atom. The molecule has 144 valence electrons. The van der Waals surface area contributed by atoms with Gasteiger partial charge < -0.3 is 4.74 Å². The van der Waals surface area contributed by atoms with Gasteiger partial charge in [0.25, 0.3) is 15.8 Å². The molecule has 0 aliphatic carbocycles. The van der Waals surface area contributed by atoms with Gasteiger partial charge in [0.1, 0.15) is 19.0 Å². The highest BCUT2D eigenvalue weighted by molar-refractivity contribution is 7.86. The quantitative estimate of drug-likeness (QED) is 0.235. The zero-order valence-electron chi connectivity index (χ0n) is 14.2. The van der Waals surface area contributed by atoms with Crippen LogP contribution in [0.15, 0.2) is 59.8 Å². The largest absolute Gasteiger partial charge is 0.491 e. The fourth-order valence-electron chi connectivity index (χ4n) is 2.13. The zero-order chi connectivity index (χ0) is 20.0. The molecule has 1 heterocycles. The van der Waals surface area contributed by atoms with Crippen LogP contribution >= 0.6 is 0 Å². The van der Waals surface area contributed by atoms with Gasteiger partial charge in [-0.3, -0.25) is 14.3 Å². The molecule has 1 aromatic heterocycles. The molecular formula is C16H13N5O6S. The molecule has 0 bridgehead atoms. The second kappa shape index (κ2) is 8.45. The smallest absolute Gasteiger partial charge is 0.297 e. The first-order valence-corrected chi connectivity index (χ1v) is 9.24. The zero-order valence-corrected chi connectivity index (χ0v) is 15.0. The number of nitrogens with zero attached hydrogens (tertiary/aromatic N) is 5. The molecule has 2 aromatic carbocycles. The molecule has 0 unspecified atom stereocenters. The van der Waals surface area contributed by atoms with E-state index in [1.54, 1.807) is 24.3 Å². The number of rotatable bonds is 8. The van der Waals surface area contributed by atoms with Gasteiger partial charge in [-0.1, -0.05) is 0 Å². The van der Waals surface area contributed by atoms with E-state index in [1.807, 2.05) is 0 Å². The van der Waals surface area contributed by atoms with Crippen molar-refractivity contribution >= 4 is 15.8 Å². The van der Waals surface area contributed by atoms with Crippen molar-refractivity contribution in [1.82, 2.24) is 20.4 Å². The number of nitro benzene ring substituents is 1. The normalized spacial score (nSPS) is 11.1. The van der Waals surface area contributed by atoms with Crippen molar-refractivity contribution in [2.45, 2.75) is 4.90 Å². The average Bonchev–Trinajstić information content (AvgIpc) is 2.72. The van der Waals surface area contributed by atoms with Gasteiger partial charge in [0.2, 0.25) is 5.82 Å². The molecule has 12 heteroatoms. The number of ether oxygens (including phenoxy) is 1. The average molecular weight is 403 g/mol. The van der Waals surface area contributed by atoms with Crippen LogP contribution in [-0.2, 0) is 14.3 Å². The van der Waals surface area contributed by atoms with E-state index in [0.29, 0.717) is 17.1 Å². The highest BCUT2D eigenvalue weighted by Gasteiger charge is 2.16. The van der Waals surface area contributed by atoms with Crippen LogP contribution < -0.4 is 4.74 Å². The summed E-state index contributed by atoms with van der Waals surface area (Å²) in [5.41, 5.74) is 0.489. The van der Waals surface area contributed by atoms with Gasteiger partial charge >= 0.3 is 0 Å². The lowest BCUT2D eigenvalue weighted by atomic mass is 10.2. The van der Waals surface area contributed by atoms with E-state index >= 15 is 0 Å². The number of aromatic nitrogens is 4. The van der Waals surface area contributed by atoms with Gasteiger partial charge in [-0.2, -0.15) is 8.42 Å². The van der Waals surface area contributed by atoms with Gasteiger partial charge in [0.15, 0.2) is 6.33 Å². The van der Waals surface area contributed by atoms with Crippen molar-refractivity contribution < 1.29 is 22.3 Å². The van der Waals surface area contributed by atoms with Gasteiger partial charge in [0, 0.05) is 17.7 Å². The number of hydrogen-bond donors (Lipinski definition) is 0. The molecule has 0 aliphatic rings. The van der Waals surface area contributed by atoms with E-state index in [1.165, 1.54) is 6.33 Å². The van der Waals surface area contributed by atoms with Crippen LogP contribution in [0.3, 0.4) is 0 Å². The predicted molar refractivity (Wildman–Crippen MR) is 94.8 cm³/mol. The molecule has 3 rings (SSSR count). The fourth-order valence-corrected chi connectivity index (χ4v) is 3.02. The molecular weight excluding hydrogens is 390 g/mol. The van der Waals surface area contributed by atoms with Gasteiger partial charge in [-0.05, 0) is 36.4 Å². The van der Waals surface area contributed by atoms with Gasteiger partial charge in [0.05, 0.1) is 9.82 Å². The van der Waals surface area contributed by atoms with Crippen LogP contribution in [0.1, 0.15) is 0 Å². The Labute approximate surface area is 159 Å². The Kier molecular flexibility index (Phi) is 5.81. The summed E-state index contributed by atoms with van der Waals surface area (Å²) in [4.78, 5) is 9.81. The Morgan fingerprint density at radius 3 is 2.18 bits per heavy atom. The maximum atomic E-state index is 12.1. The van der Waals surface area contributed by atoms with E-state index in [2.05, 4.69) is 20.4 Å². The lowest BCUT2D eigenvalue weighted by molar-refractivity contribution is -0.384. The van der Waals surface area contributed by atoms with Gasteiger partial charge in [-0.25, -0.2) is 0 Å². The number of non-ortho nitro benzene ring substituents is 1. The SMILES string of the molecule is O=[N+]([O-])c1ccc(S(=O)(=O)OCCOc2ccc(-c3nncnn3)cc2)cc1. The second-order valence-electron chi connectivity index (χ2n) is 5.27. The second-order valence-corrected chi connectivity index (χ2v) is 6.89. The summed E-state index contributed by atoms with van der Waals surface area (Å²) in [5, 5.41) is 25.6. The third-order valence-corrected chi connectivity index (χ3v) is 4.77. The van der Waals surface area contributed by atoms with Crippen molar-refractivity contribution in [2.24, 2.45) is 0 Å². The molecule has 0 N–H and O–H groups in total. The standard InChI is InChI=1S/C16H13N5O6S/c22-21(23)13-3-7-15(8-4-13)28(24,25)27-10-9-26-14-5-1-12(2-6-14)16-19-17-11-18-20-16/h1-8,11H,9-10H2. The topological polar surface area (TPSA) is 147 Å². The number of nitro groups is 1. The first-order chi connectivity index (χ1) is 13.5. The lowest BCUT2D eigenvalue weighted by Gasteiger charge is -2.08. The summed E-state index contributed by atoms with van der Waals surface area (Å²) < 4.78 is 34.4. The lowest BCUT2D eigenvalue weighted by Crippen LogP contribution is -2.13. The van der Waals surface area contributed by atoms with Crippen molar-refractivity contribution in [3.05, 3.63) is 65.0 Å². The first kappa shape index (κ1) is 19.3. The maximum absolute atomic E-state index is 12.1. The summed E-state index contributed by atoms with van der Waals surface area (Å²) in [7, 11) is -4.03. The third kappa shape index (κ3) is 4.81. The molecule has 0 radical (unpaired) electrons. The number of hydrogen-bond acceptors (Lipinski definition) is 10. The Hall–Kier alpha value is -3.51. The summed E-state index contributed by atoms with van der Waals surface area (Å²) in [5.74, 6) is 0.864. The molecule has 11 nitrogen and oxygen atoms in total. The highest BCUT2D eigenvalue weighted by Crippen LogP contribution is 2.19. The molecule has 0 fully saturated rings. The summed E-state index contributed by atoms with van der Waals surface area (Å²) in [6.07, 6.45) is 1.23. The van der Waals surface area contributed by atoms with Crippen molar-refractivity contribution in [3.63, 3.8) is 0 Å². The Morgan fingerprint density at radius 1 is 0.929 bits per heavy atom. The minimum absolute atomic E-state index is 0.0174. The van der Waals surface area contributed by atoms with Crippen molar-refractivity contribution in [2.75, 3.05) is 13.2 Å². The van der Waals surface area contributed by atoms with E-state index < -0.39 is 15.0 Å². The Bertz CT molecular complexity index is 1040. The van der Waals surface area contributed by atoms with Crippen LogP contribution in [0, 0.1) is 10.1 Å². The molecule has 0 atom stereocenters. The van der Waals surface area contributed by atoms with Crippen LogP contribution in [0.2, 0.25) is 0 Å². The van der Waals surface area contributed by atoms with E-state index in [-0.39, 0.29) is 23.8 Å². The monoisotopic (exact) mass is 403 g/mol. The third-order valence-electron chi connectivity index (χ3n) is 3.45. The molecule has 0 amide bonds. The summed E-state index contributed by atoms with van der Waals surface area (Å²) in [6.45, 7) is -0.243. The van der Waals surface area contributed by atoms with Crippen molar-refractivity contribution in [3.8, 4) is 17.1 Å². The molecule has 3 aromatic rings. The van der Waals surface area contributed by atoms with Crippen LogP contribution in [0.4, 0.5) is 5.69 Å². The predicted octanol–water partition coefficient (Wildman–Crippen LogP) is 1.63. The number of benzene rings is 2. The van der Waals surface area contributed by atoms with Crippen LogP contribution in [0.5, 0.6) is 5.75 Å². The molecule has 0 spiro atoms. The maximum Gasteiger partial charge on any atom is 0.297 e. The van der Waals surface area contributed by atoms with E-state index in [9.17, 15) is 18.5 Å². The fraction of sp³-hybridized carbons (Fsp3) is 0.125. The van der Waals surface area contributed by atoms with Crippen LogP contribution in [-0.4, -0.2) is 46.9 Å². The summed E-state index contributed by atoms with van der Waals surface area (Å²) in [6, 6.07) is 11.2. The highest BCUT2D eigenvalue weighted by atomic mass is 32.2. The molecule has 0 aliphatic heterocycles. The van der Waals surface area contributed by atoms with Crippen molar-refractivity contribution in [1.29, 1.82) is 0 Å². The Balaban J connectivity index is 1.51. The summed E-state index contributed by atoms with van der Waals surface area (Å²) >= 11 is 0. The van der Waals surface area contributed by atoms with E-state index in [4.69, 9.17) is 8.92 Å². The van der Waals surface area contributed by atoms with E-state index in [0.717, 1.165) is 24.3 Å². The van der Waals surface area contributed by atoms with Crippen LogP contribution in [0.25, 0.3) is 11.4 Å². The molecule has 28 heavy (non-hydrogen) atoms.